The first-order valence-corrected chi connectivity index (χ1v) is 9.85. The molecule has 0 unspecified atom stereocenters. The van der Waals surface area contributed by atoms with E-state index < -0.39 is 0 Å². The number of ether oxygens (including phenoxy) is 1. The van der Waals surface area contributed by atoms with Crippen molar-refractivity contribution < 1.29 is 4.74 Å². The molecular weight excluding hydrogens is 382 g/mol. The van der Waals surface area contributed by atoms with Crippen molar-refractivity contribution in [3.63, 3.8) is 0 Å². The maximum atomic E-state index is 6.21. The zero-order chi connectivity index (χ0) is 19.8. The summed E-state index contributed by atoms with van der Waals surface area (Å²) in [4.78, 5) is 14.2. The van der Waals surface area contributed by atoms with Crippen molar-refractivity contribution in [2.75, 3.05) is 13.1 Å². The van der Waals surface area contributed by atoms with E-state index in [0.717, 1.165) is 39.4 Å². The Bertz CT molecular complexity index is 1180. The van der Waals surface area contributed by atoms with Crippen molar-refractivity contribution in [3.8, 4) is 11.6 Å². The third-order valence-electron chi connectivity index (χ3n) is 5.15. The summed E-state index contributed by atoms with van der Waals surface area (Å²) >= 11 is 6.12. The van der Waals surface area contributed by atoms with Crippen LogP contribution in [-0.4, -0.2) is 29.5 Å². The van der Waals surface area contributed by atoms with Gasteiger partial charge in [0.1, 0.15) is 5.75 Å². The number of aromatic nitrogens is 1. The Morgan fingerprint density at radius 1 is 0.897 bits per heavy atom. The minimum atomic E-state index is 0.538. The quantitative estimate of drug-likeness (QED) is 0.575. The molecule has 4 nitrogen and oxygen atoms in total. The topological polar surface area (TPSA) is 46.8 Å². The molecular formula is C24H18ClN3O. The van der Waals surface area contributed by atoms with Gasteiger partial charge in [-0.15, -0.1) is 0 Å². The molecule has 0 aliphatic carbocycles. The van der Waals surface area contributed by atoms with E-state index in [4.69, 9.17) is 21.3 Å². The van der Waals surface area contributed by atoms with Crippen LogP contribution in [0.2, 0.25) is 5.02 Å². The van der Waals surface area contributed by atoms with Gasteiger partial charge in [-0.3, -0.25) is 9.98 Å². The minimum Gasteiger partial charge on any atom is -0.438 e. The van der Waals surface area contributed by atoms with Gasteiger partial charge in [-0.1, -0.05) is 41.9 Å². The Balaban J connectivity index is 1.72. The monoisotopic (exact) mass is 399 g/mol. The molecule has 0 amide bonds. The summed E-state index contributed by atoms with van der Waals surface area (Å²) < 4.78 is 6.21. The number of fused-ring (bicyclic) bond motifs is 2. The highest BCUT2D eigenvalue weighted by atomic mass is 35.5. The first kappa shape index (κ1) is 17.8. The number of nitrogens with zero attached hydrogens (tertiary/aromatic N) is 3. The second kappa shape index (κ2) is 7.30. The highest BCUT2D eigenvalue weighted by Gasteiger charge is 2.28. The molecule has 0 N–H and O–H groups in total. The van der Waals surface area contributed by atoms with Gasteiger partial charge in [0.25, 0.3) is 0 Å². The molecule has 2 aliphatic heterocycles. The summed E-state index contributed by atoms with van der Waals surface area (Å²) in [6.45, 7) is 3.35. The summed E-state index contributed by atoms with van der Waals surface area (Å²) in [5, 5.41) is 0.693. The van der Waals surface area contributed by atoms with E-state index in [1.807, 2.05) is 60.7 Å². The van der Waals surface area contributed by atoms with E-state index in [9.17, 15) is 0 Å². The maximum Gasteiger partial charge on any atom is 0.229 e. The van der Waals surface area contributed by atoms with Crippen molar-refractivity contribution in [2.45, 2.75) is 6.92 Å². The van der Waals surface area contributed by atoms with Crippen molar-refractivity contribution in [1.82, 2.24) is 4.98 Å². The molecule has 2 aromatic carbocycles. The van der Waals surface area contributed by atoms with Crippen LogP contribution in [0.1, 0.15) is 23.6 Å². The fourth-order valence-electron chi connectivity index (χ4n) is 3.80. The lowest BCUT2D eigenvalue weighted by Crippen LogP contribution is -2.10. The van der Waals surface area contributed by atoms with Crippen LogP contribution in [0, 0.1) is 0 Å². The van der Waals surface area contributed by atoms with Gasteiger partial charge in [-0.05, 0) is 48.4 Å². The Morgan fingerprint density at radius 3 is 2.45 bits per heavy atom. The number of rotatable bonds is 3. The summed E-state index contributed by atoms with van der Waals surface area (Å²) in [5.74, 6) is 1.27. The number of hydrogen-bond donors (Lipinski definition) is 0. The smallest absolute Gasteiger partial charge is 0.229 e. The van der Waals surface area contributed by atoms with Crippen LogP contribution in [0.4, 0.5) is 0 Å². The molecule has 2 aliphatic rings. The molecule has 0 bridgehead atoms. The SMILES string of the molecule is CC1=NCC2=C1c1ccnc(Oc3ccccc3)c1C(c1ccc(Cl)cc1)=NC2. The molecule has 5 heteroatoms. The largest absolute Gasteiger partial charge is 0.438 e. The van der Waals surface area contributed by atoms with Gasteiger partial charge in [-0.2, -0.15) is 0 Å². The molecule has 0 spiro atoms. The number of halogens is 1. The minimum absolute atomic E-state index is 0.538. The van der Waals surface area contributed by atoms with Crippen LogP contribution < -0.4 is 4.74 Å². The fourth-order valence-corrected chi connectivity index (χ4v) is 3.92. The van der Waals surface area contributed by atoms with E-state index in [-0.39, 0.29) is 0 Å². The molecule has 3 heterocycles. The van der Waals surface area contributed by atoms with Gasteiger partial charge in [0.15, 0.2) is 0 Å². The highest BCUT2D eigenvalue weighted by molar-refractivity contribution is 6.31. The molecule has 0 saturated carbocycles. The average Bonchev–Trinajstić information content (AvgIpc) is 3.01. The number of para-hydroxylation sites is 1. The Kier molecular flexibility index (Phi) is 4.49. The van der Waals surface area contributed by atoms with Gasteiger partial charge in [-0.25, -0.2) is 4.98 Å². The average molecular weight is 400 g/mol. The molecule has 1 aromatic heterocycles. The molecule has 0 radical (unpaired) electrons. The molecule has 29 heavy (non-hydrogen) atoms. The van der Waals surface area contributed by atoms with Crippen molar-refractivity contribution >= 4 is 28.6 Å². The first-order chi connectivity index (χ1) is 14.2. The lowest BCUT2D eigenvalue weighted by atomic mass is 9.92. The van der Waals surface area contributed by atoms with Crippen LogP contribution in [0.5, 0.6) is 11.6 Å². The Hall–Kier alpha value is -3.24. The lowest BCUT2D eigenvalue weighted by Gasteiger charge is -2.16. The van der Waals surface area contributed by atoms with E-state index in [1.54, 1.807) is 6.20 Å². The zero-order valence-corrected chi connectivity index (χ0v) is 16.6. The Morgan fingerprint density at radius 2 is 1.66 bits per heavy atom. The normalized spacial score (nSPS) is 15.2. The van der Waals surface area contributed by atoms with E-state index >= 15 is 0 Å². The van der Waals surface area contributed by atoms with Crippen LogP contribution >= 0.6 is 11.6 Å². The van der Waals surface area contributed by atoms with Gasteiger partial charge >= 0.3 is 0 Å². The van der Waals surface area contributed by atoms with Crippen LogP contribution in [0.3, 0.4) is 0 Å². The second-order valence-electron chi connectivity index (χ2n) is 7.01. The number of hydrogen-bond acceptors (Lipinski definition) is 4. The van der Waals surface area contributed by atoms with Crippen LogP contribution in [0.25, 0.3) is 5.57 Å². The predicted molar refractivity (Wildman–Crippen MR) is 118 cm³/mol. The standard InChI is InChI=1S/C24H18ClN3O/c1-15-21-17(13-27-15)14-28-23(16-7-9-18(25)10-8-16)22-20(21)11-12-26-24(22)29-19-5-3-2-4-6-19/h2-12H,13-14H2,1H3. The maximum absolute atomic E-state index is 6.21. The molecule has 5 rings (SSSR count). The van der Waals surface area contributed by atoms with Crippen molar-refractivity contribution in [1.29, 1.82) is 0 Å². The number of benzene rings is 2. The van der Waals surface area contributed by atoms with Gasteiger partial charge in [0, 0.05) is 28.1 Å². The fraction of sp³-hybridized carbons (Fsp3) is 0.125. The van der Waals surface area contributed by atoms with E-state index in [0.29, 0.717) is 24.0 Å². The summed E-state index contributed by atoms with van der Waals surface area (Å²) in [6.07, 6.45) is 1.79. The van der Waals surface area contributed by atoms with Crippen molar-refractivity contribution in [3.05, 3.63) is 94.1 Å². The van der Waals surface area contributed by atoms with Gasteiger partial charge in [0.2, 0.25) is 5.88 Å². The molecule has 0 atom stereocenters. The lowest BCUT2D eigenvalue weighted by molar-refractivity contribution is 0.462. The summed E-state index contributed by atoms with van der Waals surface area (Å²) in [5.41, 5.74) is 7.21. The van der Waals surface area contributed by atoms with Crippen molar-refractivity contribution in [2.24, 2.45) is 9.98 Å². The highest BCUT2D eigenvalue weighted by Crippen LogP contribution is 2.37. The van der Waals surface area contributed by atoms with Gasteiger partial charge < -0.3 is 4.74 Å². The molecule has 0 saturated heterocycles. The summed E-state index contributed by atoms with van der Waals surface area (Å²) in [7, 11) is 0. The van der Waals surface area contributed by atoms with Gasteiger partial charge in [0.05, 0.1) is 24.4 Å². The van der Waals surface area contributed by atoms with E-state index in [1.165, 1.54) is 5.57 Å². The molecule has 3 aromatic rings. The van der Waals surface area contributed by atoms with Crippen LogP contribution in [0.15, 0.2) is 82.4 Å². The number of allylic oxidation sites excluding steroid dienone is 1. The molecule has 142 valence electrons. The number of pyridine rings is 1. The second-order valence-corrected chi connectivity index (χ2v) is 7.44. The van der Waals surface area contributed by atoms with Crippen LogP contribution in [-0.2, 0) is 0 Å². The predicted octanol–water partition coefficient (Wildman–Crippen LogP) is 5.61. The zero-order valence-electron chi connectivity index (χ0n) is 15.9. The third kappa shape index (κ3) is 3.26. The summed E-state index contributed by atoms with van der Waals surface area (Å²) in [6, 6.07) is 19.5. The third-order valence-corrected chi connectivity index (χ3v) is 5.40. The van der Waals surface area contributed by atoms with E-state index in [2.05, 4.69) is 16.9 Å². The Labute approximate surface area is 174 Å². The first-order valence-electron chi connectivity index (χ1n) is 9.47. The number of aliphatic imine (C=N–C) groups is 2. The molecule has 0 fully saturated rings.